The van der Waals surface area contributed by atoms with Crippen LogP contribution in [0.15, 0.2) is 22.7 Å². The molecular weight excluding hydrogens is 353 g/mol. The van der Waals surface area contributed by atoms with Crippen molar-refractivity contribution < 1.29 is 4.79 Å². The molecule has 1 aliphatic rings. The van der Waals surface area contributed by atoms with E-state index in [1.54, 1.807) is 12.1 Å². The first kappa shape index (κ1) is 16.7. The van der Waals surface area contributed by atoms with E-state index in [0.29, 0.717) is 17.3 Å². The van der Waals surface area contributed by atoms with Gasteiger partial charge in [0.1, 0.15) is 0 Å². The van der Waals surface area contributed by atoms with Crippen LogP contribution in [0.25, 0.3) is 0 Å². The predicted molar refractivity (Wildman–Crippen MR) is 84.1 cm³/mol. The van der Waals surface area contributed by atoms with Gasteiger partial charge in [0, 0.05) is 23.6 Å². The number of likely N-dealkylation sites (tertiary alicyclic amines) is 1. The number of hydrogen-bond acceptors (Lipinski definition) is 3. The smallest absolute Gasteiger partial charge is 0.238 e. The number of carbonyl (C=O) groups is 1. The second-order valence-electron chi connectivity index (χ2n) is 4.46. The van der Waals surface area contributed by atoms with E-state index >= 15 is 0 Å². The maximum atomic E-state index is 11.8. The van der Waals surface area contributed by atoms with Crippen LogP contribution >= 0.6 is 39.9 Å². The standard InChI is InChI=1S/C12H15BrClN3O.ClH/c13-8-1-2-11(10(14)5-8)16-12(18)7-17-4-3-9(15)6-17;/h1-2,5,9H,3-4,6-7,15H2,(H,16,18);1H. The van der Waals surface area contributed by atoms with E-state index in [1.165, 1.54) is 0 Å². The fraction of sp³-hybridized carbons (Fsp3) is 0.417. The third-order valence-corrected chi connectivity index (χ3v) is 3.69. The Balaban J connectivity index is 0.00000180. The van der Waals surface area contributed by atoms with Crippen LogP contribution in [0.5, 0.6) is 0 Å². The summed E-state index contributed by atoms with van der Waals surface area (Å²) in [6.45, 7) is 2.02. The number of carbonyl (C=O) groups excluding carboxylic acids is 1. The lowest BCUT2D eigenvalue weighted by Crippen LogP contribution is -2.33. The molecule has 1 aromatic rings. The normalized spacial score (nSPS) is 19.0. The largest absolute Gasteiger partial charge is 0.326 e. The highest BCUT2D eigenvalue weighted by molar-refractivity contribution is 9.10. The molecule has 1 unspecified atom stereocenters. The lowest BCUT2D eigenvalue weighted by molar-refractivity contribution is -0.117. The highest BCUT2D eigenvalue weighted by atomic mass is 79.9. The molecule has 0 spiro atoms. The van der Waals surface area contributed by atoms with Crippen LogP contribution in [0.2, 0.25) is 5.02 Å². The van der Waals surface area contributed by atoms with Gasteiger partial charge in [0.15, 0.2) is 0 Å². The number of halogens is 3. The first-order chi connectivity index (χ1) is 8.54. The van der Waals surface area contributed by atoms with E-state index in [0.717, 1.165) is 24.0 Å². The first-order valence-corrected chi connectivity index (χ1v) is 6.94. The molecule has 1 fully saturated rings. The van der Waals surface area contributed by atoms with Crippen molar-refractivity contribution in [1.29, 1.82) is 0 Å². The van der Waals surface area contributed by atoms with Crippen molar-refractivity contribution in [3.63, 3.8) is 0 Å². The monoisotopic (exact) mass is 367 g/mol. The van der Waals surface area contributed by atoms with Gasteiger partial charge in [0.05, 0.1) is 17.3 Å². The summed E-state index contributed by atoms with van der Waals surface area (Å²) >= 11 is 9.36. The minimum Gasteiger partial charge on any atom is -0.326 e. The van der Waals surface area contributed by atoms with Crippen LogP contribution < -0.4 is 11.1 Å². The van der Waals surface area contributed by atoms with Crippen LogP contribution in [0.3, 0.4) is 0 Å². The first-order valence-electron chi connectivity index (χ1n) is 5.77. The summed E-state index contributed by atoms with van der Waals surface area (Å²) in [6.07, 6.45) is 0.951. The van der Waals surface area contributed by atoms with Gasteiger partial charge in [-0.05, 0) is 24.6 Å². The fourth-order valence-corrected chi connectivity index (χ4v) is 2.71. The van der Waals surface area contributed by atoms with E-state index in [-0.39, 0.29) is 24.4 Å². The number of rotatable bonds is 3. The van der Waals surface area contributed by atoms with Crippen molar-refractivity contribution in [3.05, 3.63) is 27.7 Å². The van der Waals surface area contributed by atoms with Gasteiger partial charge in [-0.1, -0.05) is 27.5 Å². The Kier molecular flexibility index (Phi) is 6.56. The molecule has 1 heterocycles. The van der Waals surface area contributed by atoms with E-state index in [4.69, 9.17) is 17.3 Å². The minimum atomic E-state index is -0.0617. The summed E-state index contributed by atoms with van der Waals surface area (Å²) < 4.78 is 0.885. The molecule has 4 nitrogen and oxygen atoms in total. The highest BCUT2D eigenvalue weighted by Gasteiger charge is 2.21. The minimum absolute atomic E-state index is 0. The SMILES string of the molecule is Cl.NC1CCN(CC(=O)Nc2ccc(Br)cc2Cl)C1. The molecule has 0 aliphatic carbocycles. The highest BCUT2D eigenvalue weighted by Crippen LogP contribution is 2.25. The molecule has 7 heteroatoms. The number of nitrogens with zero attached hydrogens (tertiary/aromatic N) is 1. The number of anilines is 1. The van der Waals surface area contributed by atoms with E-state index in [2.05, 4.69) is 21.2 Å². The summed E-state index contributed by atoms with van der Waals surface area (Å²) in [6, 6.07) is 5.56. The van der Waals surface area contributed by atoms with Crippen LogP contribution in [0, 0.1) is 0 Å². The molecule has 1 saturated heterocycles. The number of nitrogens with two attached hydrogens (primary N) is 1. The van der Waals surface area contributed by atoms with E-state index in [1.807, 2.05) is 11.0 Å². The van der Waals surface area contributed by atoms with Crippen molar-refractivity contribution in [2.75, 3.05) is 25.0 Å². The maximum absolute atomic E-state index is 11.8. The maximum Gasteiger partial charge on any atom is 0.238 e. The molecule has 0 saturated carbocycles. The van der Waals surface area contributed by atoms with Crippen LogP contribution in [0.1, 0.15) is 6.42 Å². The summed E-state index contributed by atoms with van der Waals surface area (Å²) in [4.78, 5) is 13.9. The lowest BCUT2D eigenvalue weighted by atomic mass is 10.3. The number of nitrogens with one attached hydrogen (secondary N) is 1. The van der Waals surface area contributed by atoms with Crippen molar-refractivity contribution in [2.45, 2.75) is 12.5 Å². The average Bonchev–Trinajstić information content (AvgIpc) is 2.68. The predicted octanol–water partition coefficient (Wildman–Crippen LogP) is 2.50. The van der Waals surface area contributed by atoms with Gasteiger partial charge in [-0.25, -0.2) is 0 Å². The van der Waals surface area contributed by atoms with Crippen LogP contribution in [0.4, 0.5) is 5.69 Å². The Labute approximate surface area is 132 Å². The van der Waals surface area contributed by atoms with Gasteiger partial charge in [-0.2, -0.15) is 0 Å². The van der Waals surface area contributed by atoms with Gasteiger partial charge in [-0.3, -0.25) is 9.69 Å². The van der Waals surface area contributed by atoms with E-state index < -0.39 is 0 Å². The molecule has 1 aromatic carbocycles. The van der Waals surface area contributed by atoms with Crippen molar-refractivity contribution in [2.24, 2.45) is 5.73 Å². The summed E-state index contributed by atoms with van der Waals surface area (Å²) in [7, 11) is 0. The number of amides is 1. The van der Waals surface area contributed by atoms with Gasteiger partial charge in [-0.15, -0.1) is 12.4 Å². The molecule has 106 valence electrons. The third kappa shape index (κ3) is 4.93. The van der Waals surface area contributed by atoms with Crippen LogP contribution in [-0.4, -0.2) is 36.5 Å². The molecule has 2 rings (SSSR count). The Morgan fingerprint density at radius 1 is 1.58 bits per heavy atom. The molecule has 0 bridgehead atoms. The Bertz CT molecular complexity index is 459. The van der Waals surface area contributed by atoms with Crippen molar-refractivity contribution >= 4 is 51.5 Å². The summed E-state index contributed by atoms with van der Waals surface area (Å²) in [5.74, 6) is -0.0617. The van der Waals surface area contributed by atoms with Gasteiger partial charge >= 0.3 is 0 Å². The number of benzene rings is 1. The molecule has 3 N–H and O–H groups in total. The molecule has 1 amide bonds. The topological polar surface area (TPSA) is 58.4 Å². The van der Waals surface area contributed by atoms with Gasteiger partial charge in [0.25, 0.3) is 0 Å². The zero-order chi connectivity index (χ0) is 13.1. The van der Waals surface area contributed by atoms with Crippen molar-refractivity contribution in [1.82, 2.24) is 4.90 Å². The molecule has 0 aromatic heterocycles. The van der Waals surface area contributed by atoms with Gasteiger partial charge < -0.3 is 11.1 Å². The zero-order valence-electron chi connectivity index (χ0n) is 10.2. The second-order valence-corrected chi connectivity index (χ2v) is 5.78. The molecule has 19 heavy (non-hydrogen) atoms. The zero-order valence-corrected chi connectivity index (χ0v) is 13.4. The summed E-state index contributed by atoms with van der Waals surface area (Å²) in [5.41, 5.74) is 6.43. The fourth-order valence-electron chi connectivity index (χ4n) is 1.99. The molecule has 1 atom stereocenters. The third-order valence-electron chi connectivity index (χ3n) is 2.88. The lowest BCUT2D eigenvalue weighted by Gasteiger charge is -2.15. The average molecular weight is 369 g/mol. The van der Waals surface area contributed by atoms with Crippen LogP contribution in [-0.2, 0) is 4.79 Å². The second kappa shape index (κ2) is 7.45. The van der Waals surface area contributed by atoms with Crippen molar-refractivity contribution in [3.8, 4) is 0 Å². The van der Waals surface area contributed by atoms with E-state index in [9.17, 15) is 4.79 Å². The quantitative estimate of drug-likeness (QED) is 0.861. The molecular formula is C12H16BrCl2N3O. The number of hydrogen-bond donors (Lipinski definition) is 2. The van der Waals surface area contributed by atoms with Gasteiger partial charge in [0.2, 0.25) is 5.91 Å². The Hall–Kier alpha value is -0.330. The molecule has 1 aliphatic heterocycles. The Morgan fingerprint density at radius 3 is 2.89 bits per heavy atom. The Morgan fingerprint density at radius 2 is 2.32 bits per heavy atom. The molecule has 0 radical (unpaired) electrons. The summed E-state index contributed by atoms with van der Waals surface area (Å²) in [5, 5.41) is 3.33.